The third kappa shape index (κ3) is 2.63. The lowest BCUT2D eigenvalue weighted by Gasteiger charge is -2.24. The fourth-order valence-corrected chi connectivity index (χ4v) is 2.97. The summed E-state index contributed by atoms with van der Waals surface area (Å²) in [5.74, 6) is 1.32. The van der Waals surface area contributed by atoms with Crippen molar-refractivity contribution >= 4 is 5.91 Å². The molecule has 2 aliphatic rings. The van der Waals surface area contributed by atoms with E-state index in [9.17, 15) is 4.79 Å². The van der Waals surface area contributed by atoms with Crippen molar-refractivity contribution in [3.05, 3.63) is 0 Å². The van der Waals surface area contributed by atoms with Gasteiger partial charge < -0.3 is 9.80 Å². The average Bonchev–Trinajstić information content (AvgIpc) is 2.77. The number of nitrogens with one attached hydrogen (secondary N) is 1. The smallest absolute Gasteiger partial charge is 0.241 e. The van der Waals surface area contributed by atoms with E-state index in [0.717, 1.165) is 13.1 Å². The van der Waals surface area contributed by atoms with E-state index in [-0.39, 0.29) is 12.2 Å². The second kappa shape index (κ2) is 4.94. The number of amides is 1. The van der Waals surface area contributed by atoms with Gasteiger partial charge in [0.1, 0.15) is 0 Å². The zero-order valence-electron chi connectivity index (χ0n) is 11.4. The van der Waals surface area contributed by atoms with Crippen LogP contribution in [0.25, 0.3) is 0 Å². The van der Waals surface area contributed by atoms with Gasteiger partial charge in [0, 0.05) is 13.1 Å². The van der Waals surface area contributed by atoms with Crippen molar-refractivity contribution in [1.82, 2.24) is 15.1 Å². The Balaban J connectivity index is 1.94. The molecule has 2 rings (SSSR count). The molecular formula is C13H25N3O. The number of hydrogen-bond acceptors (Lipinski definition) is 3. The molecule has 0 aliphatic carbocycles. The number of nitrogens with zero attached hydrogens (tertiary/aromatic N) is 2. The minimum Gasteiger partial charge on any atom is -0.326 e. The molecule has 0 spiro atoms. The van der Waals surface area contributed by atoms with Crippen molar-refractivity contribution in [2.45, 2.75) is 39.4 Å². The second-order valence-electron chi connectivity index (χ2n) is 5.97. The summed E-state index contributed by atoms with van der Waals surface area (Å²) >= 11 is 0. The van der Waals surface area contributed by atoms with E-state index < -0.39 is 0 Å². The van der Waals surface area contributed by atoms with Crippen LogP contribution in [0.4, 0.5) is 0 Å². The lowest BCUT2D eigenvalue weighted by atomic mass is 10.0. The minimum absolute atomic E-state index is 0.0177. The van der Waals surface area contributed by atoms with Gasteiger partial charge in [-0.2, -0.15) is 0 Å². The predicted molar refractivity (Wildman–Crippen MR) is 68.5 cm³/mol. The molecule has 2 heterocycles. The number of carbonyl (C=O) groups excluding carboxylic acids is 1. The topological polar surface area (TPSA) is 35.6 Å². The zero-order chi connectivity index (χ0) is 12.6. The van der Waals surface area contributed by atoms with Crippen molar-refractivity contribution in [2.75, 3.05) is 26.7 Å². The first-order chi connectivity index (χ1) is 7.99. The van der Waals surface area contributed by atoms with Crippen LogP contribution in [0.5, 0.6) is 0 Å². The van der Waals surface area contributed by atoms with Crippen LogP contribution in [0, 0.1) is 11.8 Å². The first-order valence-corrected chi connectivity index (χ1v) is 6.74. The molecule has 2 saturated heterocycles. The van der Waals surface area contributed by atoms with Crippen molar-refractivity contribution < 1.29 is 4.79 Å². The first-order valence-electron chi connectivity index (χ1n) is 6.74. The Labute approximate surface area is 104 Å². The summed E-state index contributed by atoms with van der Waals surface area (Å²) in [6, 6.07) is 0.0177. The van der Waals surface area contributed by atoms with Crippen LogP contribution in [-0.4, -0.2) is 54.6 Å². The molecule has 0 aromatic rings. The first kappa shape index (κ1) is 12.8. The van der Waals surface area contributed by atoms with E-state index in [1.54, 1.807) is 0 Å². The summed E-state index contributed by atoms with van der Waals surface area (Å²) < 4.78 is 0. The minimum atomic E-state index is 0.0177. The maximum absolute atomic E-state index is 12.3. The zero-order valence-corrected chi connectivity index (χ0v) is 11.4. The Morgan fingerprint density at radius 2 is 2.18 bits per heavy atom. The molecule has 3 atom stereocenters. The Morgan fingerprint density at radius 3 is 2.65 bits per heavy atom. The molecule has 0 radical (unpaired) electrons. The molecule has 4 nitrogen and oxygen atoms in total. The second-order valence-corrected chi connectivity index (χ2v) is 5.97. The molecule has 2 aliphatic heterocycles. The highest BCUT2D eigenvalue weighted by atomic mass is 16.2. The molecule has 98 valence electrons. The Hall–Kier alpha value is -0.610. The average molecular weight is 239 g/mol. The third-order valence-electron chi connectivity index (χ3n) is 4.05. The van der Waals surface area contributed by atoms with Gasteiger partial charge in [-0.25, -0.2) is 0 Å². The van der Waals surface area contributed by atoms with E-state index in [1.807, 2.05) is 4.90 Å². The van der Waals surface area contributed by atoms with Crippen LogP contribution >= 0.6 is 0 Å². The van der Waals surface area contributed by atoms with Gasteiger partial charge in [0.15, 0.2) is 0 Å². The maximum Gasteiger partial charge on any atom is 0.241 e. The number of hydrogen-bond donors (Lipinski definition) is 1. The Bertz CT molecular complexity index is 292. The molecule has 4 heteroatoms. The fraction of sp³-hybridized carbons (Fsp3) is 0.923. The van der Waals surface area contributed by atoms with Gasteiger partial charge in [0.2, 0.25) is 5.91 Å². The van der Waals surface area contributed by atoms with Gasteiger partial charge in [-0.1, -0.05) is 13.8 Å². The van der Waals surface area contributed by atoms with Crippen LogP contribution in [0.1, 0.15) is 27.2 Å². The Kier molecular flexibility index (Phi) is 3.73. The molecule has 1 N–H and O–H groups in total. The Morgan fingerprint density at radius 1 is 1.47 bits per heavy atom. The van der Waals surface area contributed by atoms with Crippen molar-refractivity contribution in [3.8, 4) is 0 Å². The summed E-state index contributed by atoms with van der Waals surface area (Å²) in [4.78, 5) is 16.7. The van der Waals surface area contributed by atoms with E-state index >= 15 is 0 Å². The molecule has 2 fully saturated rings. The fourth-order valence-electron chi connectivity index (χ4n) is 2.97. The normalized spacial score (nSPS) is 35.2. The van der Waals surface area contributed by atoms with Crippen LogP contribution in [0.2, 0.25) is 0 Å². The van der Waals surface area contributed by atoms with Crippen LogP contribution in [0.15, 0.2) is 0 Å². The predicted octanol–water partition coefficient (Wildman–Crippen LogP) is 0.740. The van der Waals surface area contributed by atoms with Crippen molar-refractivity contribution in [2.24, 2.45) is 11.8 Å². The van der Waals surface area contributed by atoms with Crippen LogP contribution < -0.4 is 5.32 Å². The molecular weight excluding hydrogens is 214 g/mol. The number of likely N-dealkylation sites (tertiary alicyclic amines) is 1. The highest BCUT2D eigenvalue weighted by molar-refractivity contribution is 5.84. The number of rotatable bonds is 3. The lowest BCUT2D eigenvalue weighted by Crippen LogP contribution is -2.39. The van der Waals surface area contributed by atoms with Gasteiger partial charge in [-0.15, -0.1) is 0 Å². The summed E-state index contributed by atoms with van der Waals surface area (Å²) in [5.41, 5.74) is 0. The molecule has 3 unspecified atom stereocenters. The molecule has 0 aromatic carbocycles. The molecule has 0 aromatic heterocycles. The summed E-state index contributed by atoms with van der Waals surface area (Å²) in [6.07, 6.45) is 1.42. The molecule has 0 saturated carbocycles. The standard InChI is InChI=1S/C13H25N3O/c1-9(2)12-13(17)16(10(3)14-12)8-11-5-6-15(4)7-11/h9-12,14H,5-8H2,1-4H3. The van der Waals surface area contributed by atoms with E-state index in [1.165, 1.54) is 13.0 Å². The van der Waals surface area contributed by atoms with E-state index in [2.05, 4.69) is 38.0 Å². The van der Waals surface area contributed by atoms with Gasteiger partial charge in [-0.3, -0.25) is 10.1 Å². The number of carbonyl (C=O) groups is 1. The molecule has 17 heavy (non-hydrogen) atoms. The van der Waals surface area contributed by atoms with Gasteiger partial charge in [-0.05, 0) is 38.8 Å². The third-order valence-corrected chi connectivity index (χ3v) is 4.05. The van der Waals surface area contributed by atoms with Gasteiger partial charge in [0.05, 0.1) is 12.2 Å². The summed E-state index contributed by atoms with van der Waals surface area (Å²) in [5, 5.41) is 3.40. The summed E-state index contributed by atoms with van der Waals surface area (Å²) in [7, 11) is 2.16. The van der Waals surface area contributed by atoms with Crippen molar-refractivity contribution in [1.29, 1.82) is 0 Å². The van der Waals surface area contributed by atoms with Gasteiger partial charge >= 0.3 is 0 Å². The molecule has 0 bridgehead atoms. The maximum atomic E-state index is 12.3. The summed E-state index contributed by atoms with van der Waals surface area (Å²) in [6.45, 7) is 9.52. The van der Waals surface area contributed by atoms with Gasteiger partial charge in [0.25, 0.3) is 0 Å². The van der Waals surface area contributed by atoms with Crippen LogP contribution in [-0.2, 0) is 4.79 Å². The van der Waals surface area contributed by atoms with Crippen molar-refractivity contribution in [3.63, 3.8) is 0 Å². The van der Waals surface area contributed by atoms with Crippen LogP contribution in [0.3, 0.4) is 0 Å². The molecule has 1 amide bonds. The van der Waals surface area contributed by atoms with E-state index in [4.69, 9.17) is 0 Å². The lowest BCUT2D eigenvalue weighted by molar-refractivity contribution is -0.131. The quantitative estimate of drug-likeness (QED) is 0.789. The monoisotopic (exact) mass is 239 g/mol. The highest BCUT2D eigenvalue weighted by Crippen LogP contribution is 2.22. The highest BCUT2D eigenvalue weighted by Gasteiger charge is 2.39. The largest absolute Gasteiger partial charge is 0.326 e. The SMILES string of the molecule is CC(C)C1NC(C)N(CC2CCN(C)C2)C1=O. The van der Waals surface area contributed by atoms with E-state index in [0.29, 0.717) is 17.7 Å².